The van der Waals surface area contributed by atoms with Crippen LogP contribution in [0.1, 0.15) is 11.1 Å². The standard InChI is InChI=1S/C13H4Cl3F6N/c14-8-2-1-5(10(15)11(8)16)9-6(12(17,18)19)3-23-4-7(9)13(20,21)22/h1-4H. The fraction of sp³-hybridized carbons (Fsp3) is 0.154. The van der Waals surface area contributed by atoms with E-state index >= 15 is 0 Å². The SMILES string of the molecule is FC(F)(F)c1cncc(C(F)(F)F)c1-c1ccc(Cl)c(Cl)c1Cl. The maximum absolute atomic E-state index is 13.1. The first-order chi connectivity index (χ1) is 10.4. The van der Waals surface area contributed by atoms with Crippen LogP contribution in [0.2, 0.25) is 15.1 Å². The van der Waals surface area contributed by atoms with Crippen LogP contribution in [0.4, 0.5) is 26.3 Å². The Balaban J connectivity index is 2.92. The number of aromatic nitrogens is 1. The normalized spacial score (nSPS) is 12.6. The van der Waals surface area contributed by atoms with Crippen LogP contribution in [0, 0.1) is 0 Å². The van der Waals surface area contributed by atoms with Crippen LogP contribution in [0.25, 0.3) is 11.1 Å². The second-order valence-corrected chi connectivity index (χ2v) is 5.49. The zero-order valence-corrected chi connectivity index (χ0v) is 12.9. The van der Waals surface area contributed by atoms with Crippen LogP contribution in [-0.4, -0.2) is 4.98 Å². The summed E-state index contributed by atoms with van der Waals surface area (Å²) >= 11 is 17.2. The molecule has 1 heterocycles. The third-order valence-electron chi connectivity index (χ3n) is 2.86. The molecule has 0 unspecified atom stereocenters. The summed E-state index contributed by atoms with van der Waals surface area (Å²) in [6.45, 7) is 0. The van der Waals surface area contributed by atoms with Gasteiger partial charge in [-0.1, -0.05) is 40.9 Å². The molecule has 0 bridgehead atoms. The molecule has 0 aliphatic heterocycles. The van der Waals surface area contributed by atoms with E-state index in [0.29, 0.717) is 12.4 Å². The van der Waals surface area contributed by atoms with E-state index in [9.17, 15) is 26.3 Å². The molecule has 1 aromatic heterocycles. The van der Waals surface area contributed by atoms with E-state index < -0.39 is 39.6 Å². The van der Waals surface area contributed by atoms with Crippen LogP contribution in [-0.2, 0) is 12.4 Å². The van der Waals surface area contributed by atoms with Crippen molar-refractivity contribution < 1.29 is 26.3 Å². The van der Waals surface area contributed by atoms with Crippen molar-refractivity contribution in [3.05, 3.63) is 50.7 Å². The van der Waals surface area contributed by atoms with E-state index in [0.717, 1.165) is 12.1 Å². The summed E-state index contributed by atoms with van der Waals surface area (Å²) in [6.07, 6.45) is -9.55. The molecule has 2 aromatic rings. The monoisotopic (exact) mass is 393 g/mol. The number of hydrogen-bond acceptors (Lipinski definition) is 1. The zero-order valence-electron chi connectivity index (χ0n) is 10.7. The molecule has 0 spiro atoms. The number of hydrogen-bond donors (Lipinski definition) is 0. The number of nitrogens with zero attached hydrogens (tertiary/aromatic N) is 1. The third-order valence-corrected chi connectivity index (χ3v) is 4.15. The van der Waals surface area contributed by atoms with Crippen molar-refractivity contribution in [2.75, 3.05) is 0 Å². The molecule has 1 aromatic carbocycles. The number of halogens is 9. The van der Waals surface area contributed by atoms with Gasteiger partial charge in [-0.2, -0.15) is 26.3 Å². The smallest absolute Gasteiger partial charge is 0.263 e. The van der Waals surface area contributed by atoms with Gasteiger partial charge in [0.05, 0.1) is 26.2 Å². The molecule has 0 N–H and O–H groups in total. The Hall–Kier alpha value is -1.18. The summed E-state index contributed by atoms with van der Waals surface area (Å²) in [7, 11) is 0. The average molecular weight is 395 g/mol. The Morgan fingerprint density at radius 1 is 0.739 bits per heavy atom. The molecule has 23 heavy (non-hydrogen) atoms. The van der Waals surface area contributed by atoms with Gasteiger partial charge in [-0.05, 0) is 6.07 Å². The summed E-state index contributed by atoms with van der Waals surface area (Å²) < 4.78 is 78.6. The van der Waals surface area contributed by atoms with E-state index in [1.54, 1.807) is 0 Å². The predicted octanol–water partition coefficient (Wildman–Crippen LogP) is 6.75. The van der Waals surface area contributed by atoms with Gasteiger partial charge in [-0.3, -0.25) is 4.98 Å². The van der Waals surface area contributed by atoms with Gasteiger partial charge in [0.15, 0.2) is 0 Å². The van der Waals surface area contributed by atoms with Gasteiger partial charge in [0.25, 0.3) is 0 Å². The van der Waals surface area contributed by atoms with Crippen LogP contribution < -0.4 is 0 Å². The van der Waals surface area contributed by atoms with Crippen LogP contribution in [0.3, 0.4) is 0 Å². The first-order valence-electron chi connectivity index (χ1n) is 5.71. The number of rotatable bonds is 1. The second kappa shape index (κ2) is 6.03. The molecule has 0 aliphatic rings. The third kappa shape index (κ3) is 3.51. The van der Waals surface area contributed by atoms with Crippen LogP contribution in [0.15, 0.2) is 24.5 Å². The van der Waals surface area contributed by atoms with Gasteiger partial charge < -0.3 is 0 Å². The molecule has 10 heteroatoms. The maximum Gasteiger partial charge on any atom is 0.418 e. The van der Waals surface area contributed by atoms with Gasteiger partial charge in [0, 0.05) is 23.5 Å². The molecule has 1 nitrogen and oxygen atoms in total. The van der Waals surface area contributed by atoms with Gasteiger partial charge in [-0.15, -0.1) is 0 Å². The molecule has 0 saturated carbocycles. The lowest BCUT2D eigenvalue weighted by molar-refractivity contribution is -0.142. The summed E-state index contributed by atoms with van der Waals surface area (Å²) in [6, 6.07) is 2.00. The highest BCUT2D eigenvalue weighted by molar-refractivity contribution is 6.49. The largest absolute Gasteiger partial charge is 0.418 e. The average Bonchev–Trinajstić information content (AvgIpc) is 2.42. The highest BCUT2D eigenvalue weighted by atomic mass is 35.5. The lowest BCUT2D eigenvalue weighted by atomic mass is 9.96. The van der Waals surface area contributed by atoms with Crippen LogP contribution in [0.5, 0.6) is 0 Å². The Morgan fingerprint density at radius 2 is 1.22 bits per heavy atom. The van der Waals surface area contributed by atoms with Gasteiger partial charge in [0.2, 0.25) is 0 Å². The van der Waals surface area contributed by atoms with Gasteiger partial charge >= 0.3 is 12.4 Å². The van der Waals surface area contributed by atoms with E-state index in [2.05, 4.69) is 4.98 Å². The topological polar surface area (TPSA) is 12.9 Å². The van der Waals surface area contributed by atoms with E-state index in [1.807, 2.05) is 0 Å². The number of pyridine rings is 1. The Kier molecular flexibility index (Phi) is 4.76. The van der Waals surface area contributed by atoms with E-state index in [4.69, 9.17) is 34.8 Å². The zero-order chi connectivity index (χ0) is 17.6. The molecular formula is C13H4Cl3F6N. The molecule has 0 radical (unpaired) electrons. The molecular weight excluding hydrogens is 390 g/mol. The lowest BCUT2D eigenvalue weighted by Gasteiger charge is -2.19. The Morgan fingerprint density at radius 3 is 1.65 bits per heavy atom. The minimum atomic E-state index is -5.07. The minimum Gasteiger partial charge on any atom is -0.263 e. The van der Waals surface area contributed by atoms with Gasteiger partial charge in [0.1, 0.15) is 0 Å². The van der Waals surface area contributed by atoms with Crippen LogP contribution >= 0.6 is 34.8 Å². The highest BCUT2D eigenvalue weighted by Gasteiger charge is 2.42. The quantitative estimate of drug-likeness (QED) is 0.385. The lowest BCUT2D eigenvalue weighted by Crippen LogP contribution is -2.15. The fourth-order valence-corrected chi connectivity index (χ4v) is 2.53. The van der Waals surface area contributed by atoms with E-state index in [1.165, 1.54) is 0 Å². The van der Waals surface area contributed by atoms with Crippen molar-refractivity contribution in [3.8, 4) is 11.1 Å². The molecule has 0 atom stereocenters. The first kappa shape index (κ1) is 18.2. The molecule has 0 aliphatic carbocycles. The number of benzene rings is 1. The Labute approximate surface area is 140 Å². The van der Waals surface area contributed by atoms with Crippen molar-refractivity contribution >= 4 is 34.8 Å². The molecule has 124 valence electrons. The second-order valence-electron chi connectivity index (χ2n) is 4.33. The summed E-state index contributed by atoms with van der Waals surface area (Å²) in [5, 5.41) is -0.957. The summed E-state index contributed by atoms with van der Waals surface area (Å²) in [4.78, 5) is 3.03. The van der Waals surface area contributed by atoms with Crippen molar-refractivity contribution in [1.82, 2.24) is 4.98 Å². The Bertz CT molecular complexity index is 722. The molecule has 0 amide bonds. The van der Waals surface area contributed by atoms with Crippen molar-refractivity contribution in [2.24, 2.45) is 0 Å². The summed E-state index contributed by atoms with van der Waals surface area (Å²) in [5.74, 6) is 0. The van der Waals surface area contributed by atoms with Crippen molar-refractivity contribution in [3.63, 3.8) is 0 Å². The molecule has 0 saturated heterocycles. The van der Waals surface area contributed by atoms with Crippen molar-refractivity contribution in [2.45, 2.75) is 12.4 Å². The van der Waals surface area contributed by atoms with Gasteiger partial charge in [-0.25, -0.2) is 0 Å². The fourth-order valence-electron chi connectivity index (χ4n) is 1.90. The summed E-state index contributed by atoms with van der Waals surface area (Å²) in [5.41, 5.74) is -4.84. The minimum absolute atomic E-state index is 0.100. The van der Waals surface area contributed by atoms with E-state index in [-0.39, 0.29) is 10.0 Å². The predicted molar refractivity (Wildman–Crippen MR) is 74.7 cm³/mol. The molecule has 0 fully saturated rings. The highest BCUT2D eigenvalue weighted by Crippen LogP contribution is 2.47. The first-order valence-corrected chi connectivity index (χ1v) is 6.84. The maximum atomic E-state index is 13.1. The molecule has 2 rings (SSSR count). The number of alkyl halides is 6. The van der Waals surface area contributed by atoms with Crippen molar-refractivity contribution in [1.29, 1.82) is 0 Å².